The molecule has 0 spiro atoms. The first-order chi connectivity index (χ1) is 11.8. The van der Waals surface area contributed by atoms with Crippen molar-refractivity contribution < 1.29 is 19.2 Å². The molecule has 0 bridgehead atoms. The first-order valence-corrected chi connectivity index (χ1v) is 8.72. The molecule has 0 aromatic heterocycles. The highest BCUT2D eigenvalue weighted by molar-refractivity contribution is 5.77. The first kappa shape index (κ1) is 17.7. The monoisotopic (exact) mass is 347 g/mol. The molecule has 0 radical (unpaired) electrons. The Morgan fingerprint density at radius 3 is 2.60 bits per heavy atom. The molecule has 0 saturated heterocycles. The Bertz CT molecular complexity index is 731. The zero-order valence-electron chi connectivity index (χ0n) is 15.3. The molecule has 1 aromatic carbocycles. The molecule has 0 aliphatic heterocycles. The Morgan fingerprint density at radius 1 is 1.28 bits per heavy atom. The van der Waals surface area contributed by atoms with Gasteiger partial charge in [-0.15, -0.1) is 0 Å². The third kappa shape index (κ3) is 2.50. The molecule has 136 valence electrons. The highest BCUT2D eigenvalue weighted by Crippen LogP contribution is 2.58. The Morgan fingerprint density at radius 2 is 2.00 bits per heavy atom. The van der Waals surface area contributed by atoms with Crippen molar-refractivity contribution in [2.45, 2.75) is 51.4 Å². The molecule has 6 heteroatoms. The summed E-state index contributed by atoms with van der Waals surface area (Å²) in [6, 6.07) is 3.47. The van der Waals surface area contributed by atoms with Crippen LogP contribution in [0, 0.1) is 21.4 Å². The van der Waals surface area contributed by atoms with Crippen molar-refractivity contribution >= 4 is 11.7 Å². The van der Waals surface area contributed by atoms with E-state index in [1.54, 1.807) is 6.07 Å². The second-order valence-electron chi connectivity index (χ2n) is 7.71. The zero-order chi connectivity index (χ0) is 18.4. The molecule has 3 rings (SSSR count). The van der Waals surface area contributed by atoms with Gasteiger partial charge in [0.1, 0.15) is 0 Å². The van der Waals surface area contributed by atoms with Crippen LogP contribution in [0.2, 0.25) is 0 Å². The van der Waals surface area contributed by atoms with Crippen molar-refractivity contribution in [3.05, 3.63) is 33.4 Å². The number of hydrogen-bond donors (Lipinski definition) is 0. The fraction of sp³-hybridized carbons (Fsp3) is 0.632. The van der Waals surface area contributed by atoms with Crippen molar-refractivity contribution in [1.29, 1.82) is 0 Å². The SMILES string of the molecule is COC(=O)[C@@]1(C)CCC[C@]2(C)c3cc(OC)c([N+](=O)[O-])cc3CC[C@@H]12. The minimum atomic E-state index is -0.519. The Kier molecular flexibility index (Phi) is 4.25. The van der Waals surface area contributed by atoms with E-state index in [1.807, 2.05) is 13.0 Å². The summed E-state index contributed by atoms with van der Waals surface area (Å²) in [4.78, 5) is 23.5. The molecule has 2 aliphatic carbocycles. The van der Waals surface area contributed by atoms with Crippen LogP contribution in [0.5, 0.6) is 5.75 Å². The van der Waals surface area contributed by atoms with E-state index in [1.165, 1.54) is 14.2 Å². The molecule has 2 aliphatic rings. The number of rotatable bonds is 3. The van der Waals surface area contributed by atoms with E-state index in [4.69, 9.17) is 9.47 Å². The Hall–Kier alpha value is -2.11. The van der Waals surface area contributed by atoms with E-state index >= 15 is 0 Å². The van der Waals surface area contributed by atoms with Gasteiger partial charge >= 0.3 is 11.7 Å². The maximum Gasteiger partial charge on any atom is 0.311 e. The quantitative estimate of drug-likeness (QED) is 0.472. The number of benzene rings is 1. The lowest BCUT2D eigenvalue weighted by atomic mass is 9.50. The number of carbonyl (C=O) groups is 1. The molecule has 25 heavy (non-hydrogen) atoms. The molecule has 1 saturated carbocycles. The van der Waals surface area contributed by atoms with E-state index in [0.717, 1.165) is 43.2 Å². The summed E-state index contributed by atoms with van der Waals surface area (Å²) in [7, 11) is 2.90. The van der Waals surface area contributed by atoms with Gasteiger partial charge in [-0.1, -0.05) is 13.3 Å². The van der Waals surface area contributed by atoms with Gasteiger partial charge < -0.3 is 9.47 Å². The molecular weight excluding hydrogens is 322 g/mol. The number of esters is 1. The van der Waals surface area contributed by atoms with Crippen LogP contribution in [0.4, 0.5) is 5.69 Å². The van der Waals surface area contributed by atoms with Gasteiger partial charge in [0, 0.05) is 6.07 Å². The number of ether oxygens (including phenoxy) is 2. The van der Waals surface area contributed by atoms with Crippen LogP contribution in [0.3, 0.4) is 0 Å². The molecule has 6 nitrogen and oxygen atoms in total. The topological polar surface area (TPSA) is 78.7 Å². The molecular formula is C19H25NO5. The third-order valence-corrected chi connectivity index (χ3v) is 6.50. The number of nitro benzene ring substituents is 1. The molecule has 0 amide bonds. The molecule has 0 unspecified atom stereocenters. The average molecular weight is 347 g/mol. The van der Waals surface area contributed by atoms with Gasteiger partial charge in [-0.25, -0.2) is 0 Å². The summed E-state index contributed by atoms with van der Waals surface area (Å²) < 4.78 is 10.4. The average Bonchev–Trinajstić information content (AvgIpc) is 2.59. The standard InChI is InChI=1S/C19H25NO5/c1-18-8-5-9-19(2,17(21)25-4)16(18)7-6-12-10-14(20(22)23)15(24-3)11-13(12)18/h10-11,16H,5-9H2,1-4H3/t16-,18-,19+/m1/s1. The summed E-state index contributed by atoms with van der Waals surface area (Å²) in [5, 5.41) is 11.3. The Labute approximate surface area is 147 Å². The zero-order valence-corrected chi connectivity index (χ0v) is 15.3. The van der Waals surface area contributed by atoms with Crippen molar-refractivity contribution in [2.75, 3.05) is 14.2 Å². The number of carbonyl (C=O) groups excluding carboxylic acids is 1. The molecule has 1 fully saturated rings. The smallest absolute Gasteiger partial charge is 0.311 e. The van der Waals surface area contributed by atoms with Crippen LogP contribution in [0.15, 0.2) is 12.1 Å². The summed E-state index contributed by atoms with van der Waals surface area (Å²) in [6.07, 6.45) is 4.26. The normalized spacial score (nSPS) is 30.8. The van der Waals surface area contributed by atoms with Crippen molar-refractivity contribution in [3.63, 3.8) is 0 Å². The van der Waals surface area contributed by atoms with Crippen LogP contribution in [0.25, 0.3) is 0 Å². The van der Waals surface area contributed by atoms with E-state index in [0.29, 0.717) is 0 Å². The number of methoxy groups -OCH3 is 2. The van der Waals surface area contributed by atoms with Gasteiger partial charge in [-0.3, -0.25) is 14.9 Å². The summed E-state index contributed by atoms with van der Waals surface area (Å²) in [5.41, 5.74) is 1.36. The van der Waals surface area contributed by atoms with Crippen molar-refractivity contribution in [2.24, 2.45) is 11.3 Å². The molecule has 3 atom stereocenters. The van der Waals surface area contributed by atoms with E-state index < -0.39 is 10.3 Å². The third-order valence-electron chi connectivity index (χ3n) is 6.50. The fourth-order valence-electron chi connectivity index (χ4n) is 5.27. The van der Waals surface area contributed by atoms with E-state index in [9.17, 15) is 14.9 Å². The van der Waals surface area contributed by atoms with E-state index in [-0.39, 0.29) is 28.7 Å². The van der Waals surface area contributed by atoms with Crippen LogP contribution in [-0.2, 0) is 21.4 Å². The summed E-state index contributed by atoms with van der Waals surface area (Å²) in [5.74, 6) is 0.289. The summed E-state index contributed by atoms with van der Waals surface area (Å²) in [6.45, 7) is 4.19. The van der Waals surface area contributed by atoms with Gasteiger partial charge in [0.15, 0.2) is 5.75 Å². The Balaban J connectivity index is 2.14. The lowest BCUT2D eigenvalue weighted by molar-refractivity contribution is -0.385. The second kappa shape index (κ2) is 6.00. The largest absolute Gasteiger partial charge is 0.490 e. The van der Waals surface area contributed by atoms with Gasteiger partial charge in [0.2, 0.25) is 0 Å². The number of nitro groups is 1. The number of fused-ring (bicyclic) bond motifs is 3. The van der Waals surface area contributed by atoms with Crippen LogP contribution >= 0.6 is 0 Å². The van der Waals surface area contributed by atoms with Crippen LogP contribution in [-0.4, -0.2) is 25.1 Å². The molecule has 0 heterocycles. The fourth-order valence-corrected chi connectivity index (χ4v) is 5.27. The predicted molar refractivity (Wildman–Crippen MR) is 92.8 cm³/mol. The first-order valence-electron chi connectivity index (χ1n) is 8.72. The molecule has 0 N–H and O–H groups in total. The van der Waals surface area contributed by atoms with Gasteiger partial charge in [-0.2, -0.15) is 0 Å². The lowest BCUT2D eigenvalue weighted by Gasteiger charge is -2.53. The second-order valence-corrected chi connectivity index (χ2v) is 7.71. The number of aryl methyl sites for hydroxylation is 1. The highest BCUT2D eigenvalue weighted by Gasteiger charge is 2.56. The van der Waals surface area contributed by atoms with Gasteiger partial charge in [0.05, 0.1) is 24.6 Å². The predicted octanol–water partition coefficient (Wildman–Crippen LogP) is 3.79. The summed E-state index contributed by atoms with van der Waals surface area (Å²) >= 11 is 0. The van der Waals surface area contributed by atoms with Crippen molar-refractivity contribution in [3.8, 4) is 5.75 Å². The van der Waals surface area contributed by atoms with Crippen LogP contribution < -0.4 is 4.74 Å². The van der Waals surface area contributed by atoms with Crippen LogP contribution in [0.1, 0.15) is 50.7 Å². The minimum absolute atomic E-state index is 0.00911. The van der Waals surface area contributed by atoms with Crippen molar-refractivity contribution in [1.82, 2.24) is 0 Å². The maximum absolute atomic E-state index is 12.5. The lowest BCUT2D eigenvalue weighted by Crippen LogP contribution is -2.52. The molecule has 1 aromatic rings. The number of nitrogens with zero attached hydrogens (tertiary/aromatic N) is 1. The van der Waals surface area contributed by atoms with Gasteiger partial charge in [-0.05, 0) is 61.1 Å². The minimum Gasteiger partial charge on any atom is -0.490 e. The highest BCUT2D eigenvalue weighted by atomic mass is 16.6. The maximum atomic E-state index is 12.5. The van der Waals surface area contributed by atoms with Gasteiger partial charge in [0.25, 0.3) is 0 Å². The number of hydrogen-bond acceptors (Lipinski definition) is 5. The van der Waals surface area contributed by atoms with E-state index in [2.05, 4.69) is 6.92 Å².